The van der Waals surface area contributed by atoms with Crippen molar-refractivity contribution in [3.63, 3.8) is 0 Å². The first-order chi connectivity index (χ1) is 10.1. The minimum Gasteiger partial charge on any atom is -0.504 e. The second-order valence-corrected chi connectivity index (χ2v) is 5.55. The molecule has 1 heterocycles. The van der Waals surface area contributed by atoms with Gasteiger partial charge in [-0.15, -0.1) is 0 Å². The molecule has 1 saturated heterocycles. The molecule has 0 aromatic heterocycles. The van der Waals surface area contributed by atoms with Crippen molar-refractivity contribution in [2.75, 3.05) is 19.7 Å². The topological polar surface area (TPSA) is 70.0 Å². The first-order valence-electron chi connectivity index (χ1n) is 7.47. The van der Waals surface area contributed by atoms with Crippen molar-refractivity contribution in [1.82, 2.24) is 4.90 Å². The number of benzene rings is 1. The molecule has 2 rings (SSSR count). The molecule has 0 unspecified atom stereocenters. The molecule has 1 aromatic rings. The van der Waals surface area contributed by atoms with Crippen LogP contribution < -0.4 is 4.74 Å². The van der Waals surface area contributed by atoms with E-state index in [0.717, 1.165) is 38.0 Å². The molecule has 1 aliphatic heterocycles. The van der Waals surface area contributed by atoms with Crippen LogP contribution in [0.3, 0.4) is 0 Å². The number of piperidine rings is 1. The first-order valence-corrected chi connectivity index (χ1v) is 7.47. The Kier molecular flexibility index (Phi) is 5.44. The maximum absolute atomic E-state index is 10.7. The molecule has 1 aromatic carbocycles. The monoisotopic (exact) mass is 293 g/mol. The summed E-state index contributed by atoms with van der Waals surface area (Å²) >= 11 is 0. The Morgan fingerprint density at radius 3 is 2.71 bits per heavy atom. The number of carboxylic acids is 1. The number of nitrogens with zero attached hydrogens (tertiary/aromatic N) is 1. The van der Waals surface area contributed by atoms with E-state index in [1.54, 1.807) is 6.07 Å². The smallest absolute Gasteiger partial charge is 0.303 e. The lowest BCUT2D eigenvalue weighted by atomic mass is 9.93. The van der Waals surface area contributed by atoms with Crippen molar-refractivity contribution in [2.45, 2.75) is 32.7 Å². The van der Waals surface area contributed by atoms with Crippen LogP contribution in [0.5, 0.6) is 11.5 Å². The Morgan fingerprint density at radius 1 is 1.38 bits per heavy atom. The Morgan fingerprint density at radius 2 is 2.10 bits per heavy atom. The molecule has 5 nitrogen and oxygen atoms in total. The molecule has 0 bridgehead atoms. The van der Waals surface area contributed by atoms with E-state index < -0.39 is 5.97 Å². The lowest BCUT2D eigenvalue weighted by Gasteiger charge is -2.31. The maximum atomic E-state index is 10.7. The summed E-state index contributed by atoms with van der Waals surface area (Å²) in [6.07, 6.45) is 2.15. The standard InChI is InChI=1S/C16H23NO4/c1-2-21-15-9-13(3-4-14(15)18)11-17-7-5-12(6-8-17)10-16(19)20/h3-4,9,12,18H,2,5-8,10-11H2,1H3,(H,19,20). The number of ether oxygens (including phenoxy) is 1. The van der Waals surface area contributed by atoms with Gasteiger partial charge in [0.2, 0.25) is 0 Å². The zero-order chi connectivity index (χ0) is 15.2. The van der Waals surface area contributed by atoms with Crippen LogP contribution in [0, 0.1) is 5.92 Å². The van der Waals surface area contributed by atoms with Crippen LogP contribution in [-0.2, 0) is 11.3 Å². The highest BCUT2D eigenvalue weighted by Gasteiger charge is 2.21. The summed E-state index contributed by atoms with van der Waals surface area (Å²) in [6.45, 7) is 5.06. The number of aliphatic carboxylic acids is 1. The Labute approximate surface area is 125 Å². The molecule has 116 valence electrons. The van der Waals surface area contributed by atoms with Crippen LogP contribution in [0.1, 0.15) is 31.7 Å². The van der Waals surface area contributed by atoms with Crippen molar-refractivity contribution in [2.24, 2.45) is 5.92 Å². The molecule has 0 radical (unpaired) electrons. The second-order valence-electron chi connectivity index (χ2n) is 5.55. The van der Waals surface area contributed by atoms with Crippen molar-refractivity contribution in [3.05, 3.63) is 23.8 Å². The second kappa shape index (κ2) is 7.31. The summed E-state index contributed by atoms with van der Waals surface area (Å²) in [5.74, 6) is 0.294. The molecule has 0 spiro atoms. The number of aromatic hydroxyl groups is 1. The lowest BCUT2D eigenvalue weighted by Crippen LogP contribution is -2.33. The number of hydrogen-bond acceptors (Lipinski definition) is 4. The quantitative estimate of drug-likeness (QED) is 0.843. The van der Waals surface area contributed by atoms with Gasteiger partial charge in [-0.05, 0) is 56.5 Å². The van der Waals surface area contributed by atoms with Gasteiger partial charge in [0.05, 0.1) is 6.61 Å². The van der Waals surface area contributed by atoms with Gasteiger partial charge in [0.15, 0.2) is 11.5 Å². The minimum atomic E-state index is -0.701. The van der Waals surface area contributed by atoms with Gasteiger partial charge >= 0.3 is 5.97 Å². The summed E-state index contributed by atoms with van der Waals surface area (Å²) in [7, 11) is 0. The molecule has 21 heavy (non-hydrogen) atoms. The minimum absolute atomic E-state index is 0.167. The highest BCUT2D eigenvalue weighted by molar-refractivity contribution is 5.67. The van der Waals surface area contributed by atoms with E-state index in [9.17, 15) is 9.90 Å². The van der Waals surface area contributed by atoms with Crippen LogP contribution >= 0.6 is 0 Å². The number of hydrogen-bond donors (Lipinski definition) is 2. The highest BCUT2D eigenvalue weighted by atomic mass is 16.5. The fraction of sp³-hybridized carbons (Fsp3) is 0.562. The largest absolute Gasteiger partial charge is 0.504 e. The van der Waals surface area contributed by atoms with E-state index in [0.29, 0.717) is 18.3 Å². The average Bonchev–Trinajstić information content (AvgIpc) is 2.44. The molecule has 0 amide bonds. The molecule has 0 saturated carbocycles. The van der Waals surface area contributed by atoms with Gasteiger partial charge in [-0.25, -0.2) is 0 Å². The zero-order valence-corrected chi connectivity index (χ0v) is 12.4. The fourth-order valence-electron chi connectivity index (χ4n) is 2.78. The molecular formula is C16H23NO4. The van der Waals surface area contributed by atoms with Crippen molar-refractivity contribution < 1.29 is 19.7 Å². The van der Waals surface area contributed by atoms with Crippen LogP contribution in [0.4, 0.5) is 0 Å². The summed E-state index contributed by atoms with van der Waals surface area (Å²) < 4.78 is 5.39. The van der Waals surface area contributed by atoms with E-state index in [1.807, 2.05) is 19.1 Å². The molecule has 2 N–H and O–H groups in total. The molecule has 5 heteroatoms. The summed E-state index contributed by atoms with van der Waals surface area (Å²) in [5.41, 5.74) is 1.10. The summed E-state index contributed by atoms with van der Waals surface area (Å²) in [6, 6.07) is 5.45. The van der Waals surface area contributed by atoms with Crippen molar-refractivity contribution in [3.8, 4) is 11.5 Å². The van der Waals surface area contributed by atoms with E-state index in [-0.39, 0.29) is 12.2 Å². The van der Waals surface area contributed by atoms with Gasteiger partial charge in [-0.1, -0.05) is 6.07 Å². The summed E-state index contributed by atoms with van der Waals surface area (Å²) in [5, 5.41) is 18.5. The van der Waals surface area contributed by atoms with Crippen molar-refractivity contribution in [1.29, 1.82) is 0 Å². The number of phenolic OH excluding ortho intramolecular Hbond substituents is 1. The Hall–Kier alpha value is -1.75. The molecule has 0 atom stereocenters. The van der Waals surface area contributed by atoms with Crippen molar-refractivity contribution >= 4 is 5.97 Å². The summed E-state index contributed by atoms with van der Waals surface area (Å²) in [4.78, 5) is 13.0. The van der Waals surface area contributed by atoms with E-state index in [1.165, 1.54) is 0 Å². The molecular weight excluding hydrogens is 270 g/mol. The first kappa shape index (κ1) is 15.6. The van der Waals surface area contributed by atoms with E-state index in [2.05, 4.69) is 4.90 Å². The van der Waals surface area contributed by atoms with E-state index in [4.69, 9.17) is 9.84 Å². The number of carboxylic acid groups (broad SMARTS) is 1. The molecule has 1 aliphatic rings. The number of phenols is 1. The van der Waals surface area contributed by atoms with Gasteiger partial charge in [-0.3, -0.25) is 9.69 Å². The zero-order valence-electron chi connectivity index (χ0n) is 12.4. The Bertz CT molecular complexity index is 481. The fourth-order valence-corrected chi connectivity index (χ4v) is 2.78. The third kappa shape index (κ3) is 4.63. The van der Waals surface area contributed by atoms with Crippen LogP contribution in [0.2, 0.25) is 0 Å². The van der Waals surface area contributed by atoms with Gasteiger partial charge in [-0.2, -0.15) is 0 Å². The predicted molar refractivity (Wildman–Crippen MR) is 79.5 cm³/mol. The maximum Gasteiger partial charge on any atom is 0.303 e. The predicted octanol–water partition coefficient (Wildman–Crippen LogP) is 2.48. The average molecular weight is 293 g/mol. The van der Waals surface area contributed by atoms with Crippen LogP contribution in [0.15, 0.2) is 18.2 Å². The third-order valence-corrected chi connectivity index (χ3v) is 3.90. The van der Waals surface area contributed by atoms with Gasteiger partial charge < -0.3 is 14.9 Å². The van der Waals surface area contributed by atoms with Gasteiger partial charge in [0, 0.05) is 13.0 Å². The van der Waals surface area contributed by atoms with Gasteiger partial charge in [0.25, 0.3) is 0 Å². The third-order valence-electron chi connectivity index (χ3n) is 3.90. The van der Waals surface area contributed by atoms with E-state index >= 15 is 0 Å². The highest BCUT2D eigenvalue weighted by Crippen LogP contribution is 2.28. The normalized spacial score (nSPS) is 16.8. The van der Waals surface area contributed by atoms with Gasteiger partial charge in [0.1, 0.15) is 0 Å². The number of likely N-dealkylation sites (tertiary alicyclic amines) is 1. The number of rotatable bonds is 6. The molecule has 0 aliphatic carbocycles. The molecule has 1 fully saturated rings. The van der Waals surface area contributed by atoms with Crippen LogP contribution in [0.25, 0.3) is 0 Å². The number of carbonyl (C=O) groups is 1. The Balaban J connectivity index is 1.88. The lowest BCUT2D eigenvalue weighted by molar-refractivity contribution is -0.138. The van der Waals surface area contributed by atoms with Crippen LogP contribution in [-0.4, -0.2) is 40.8 Å². The SMILES string of the molecule is CCOc1cc(CN2CCC(CC(=O)O)CC2)ccc1O.